The van der Waals surface area contributed by atoms with Crippen LogP contribution in [0.1, 0.15) is 27.7 Å². The van der Waals surface area contributed by atoms with E-state index in [0.717, 1.165) is 6.92 Å². The van der Waals surface area contributed by atoms with Gasteiger partial charge in [0.05, 0.1) is 0 Å². The average molecular weight is 189 g/mol. The van der Waals surface area contributed by atoms with Crippen LogP contribution in [-0.2, 0) is 14.3 Å². The van der Waals surface area contributed by atoms with Crippen molar-refractivity contribution in [3.05, 3.63) is 0 Å². The van der Waals surface area contributed by atoms with Crippen molar-refractivity contribution in [2.75, 3.05) is 0 Å². The Hall–Kier alpha value is -1.10. The Bertz CT molecular complexity index is 227. The molecule has 0 aromatic heterocycles. The molecule has 0 aromatic rings. The van der Waals surface area contributed by atoms with Gasteiger partial charge in [0, 0.05) is 0 Å². The minimum atomic E-state index is -1.98. The van der Waals surface area contributed by atoms with Gasteiger partial charge in [0.25, 0.3) is 0 Å². The van der Waals surface area contributed by atoms with E-state index < -0.39 is 23.1 Å². The van der Waals surface area contributed by atoms with Crippen LogP contribution in [-0.4, -0.2) is 28.2 Å². The van der Waals surface area contributed by atoms with Crippen LogP contribution in [0.5, 0.6) is 0 Å². The van der Waals surface area contributed by atoms with Gasteiger partial charge in [-0.25, -0.2) is 9.59 Å². The minimum Gasteiger partial charge on any atom is -0.479 e. The molecule has 0 radical (unpaired) electrons. The van der Waals surface area contributed by atoms with Gasteiger partial charge in [0.2, 0.25) is 5.54 Å². The molecule has 0 spiro atoms. The van der Waals surface area contributed by atoms with Crippen LogP contribution in [0.15, 0.2) is 0 Å². The van der Waals surface area contributed by atoms with Crippen molar-refractivity contribution in [3.63, 3.8) is 0 Å². The Balaban J connectivity index is 4.53. The molecule has 0 aliphatic carbocycles. The van der Waals surface area contributed by atoms with Crippen molar-refractivity contribution in [1.29, 1.82) is 0 Å². The van der Waals surface area contributed by atoms with Gasteiger partial charge in [0.1, 0.15) is 5.60 Å². The molecule has 0 saturated carbocycles. The number of ether oxygens (including phenoxy) is 1. The third-order valence-corrected chi connectivity index (χ3v) is 1.27. The van der Waals surface area contributed by atoms with Crippen LogP contribution in [0, 0.1) is 0 Å². The number of nitrogens with two attached hydrogens (primary N) is 1. The second kappa shape index (κ2) is 3.33. The molecule has 0 bridgehead atoms. The van der Waals surface area contributed by atoms with Gasteiger partial charge in [-0.15, -0.1) is 0 Å². The first kappa shape index (κ1) is 11.9. The molecule has 0 fully saturated rings. The van der Waals surface area contributed by atoms with E-state index in [1.807, 2.05) is 0 Å². The molecule has 0 unspecified atom stereocenters. The van der Waals surface area contributed by atoms with Crippen molar-refractivity contribution in [2.24, 2.45) is 5.73 Å². The molecule has 0 heterocycles. The van der Waals surface area contributed by atoms with E-state index in [9.17, 15) is 9.59 Å². The normalized spacial score (nSPS) is 16.1. The molecule has 0 saturated heterocycles. The highest BCUT2D eigenvalue weighted by atomic mass is 16.6. The molecule has 13 heavy (non-hydrogen) atoms. The van der Waals surface area contributed by atoms with Gasteiger partial charge in [-0.2, -0.15) is 0 Å². The fraction of sp³-hybridized carbons (Fsp3) is 0.750. The van der Waals surface area contributed by atoms with Crippen LogP contribution < -0.4 is 5.73 Å². The third kappa shape index (κ3) is 3.42. The number of aliphatic carboxylic acids is 1. The molecule has 0 rings (SSSR count). The maximum Gasteiger partial charge on any atom is 0.338 e. The minimum absolute atomic E-state index is 0.729. The highest BCUT2D eigenvalue weighted by molar-refractivity contribution is 6.03. The van der Waals surface area contributed by atoms with E-state index >= 15 is 0 Å². The second-order valence-electron chi connectivity index (χ2n) is 4.01. The first-order valence-electron chi connectivity index (χ1n) is 3.83. The molecule has 5 heteroatoms. The number of carboxylic acids is 1. The fourth-order valence-corrected chi connectivity index (χ4v) is 0.471. The summed E-state index contributed by atoms with van der Waals surface area (Å²) in [7, 11) is 0. The highest BCUT2D eigenvalue weighted by Crippen LogP contribution is 2.12. The van der Waals surface area contributed by atoms with Crippen LogP contribution in [0.4, 0.5) is 0 Å². The summed E-state index contributed by atoms with van der Waals surface area (Å²) in [6.07, 6.45) is 0. The summed E-state index contributed by atoms with van der Waals surface area (Å²) in [5.41, 5.74) is 2.53. The lowest BCUT2D eigenvalue weighted by molar-refractivity contribution is -0.168. The molecule has 0 amide bonds. The number of carbonyl (C=O) groups is 2. The Labute approximate surface area is 76.9 Å². The summed E-state index contributed by atoms with van der Waals surface area (Å²) >= 11 is 0. The number of hydrogen-bond acceptors (Lipinski definition) is 4. The predicted octanol–water partition coefficient (Wildman–Crippen LogP) is 0.130. The zero-order chi connectivity index (χ0) is 10.9. The molecular weight excluding hydrogens is 174 g/mol. The summed E-state index contributed by atoms with van der Waals surface area (Å²) in [5.74, 6) is -2.34. The lowest BCUT2D eigenvalue weighted by Crippen LogP contribution is -2.54. The van der Waals surface area contributed by atoms with Gasteiger partial charge in [-0.3, -0.25) is 0 Å². The summed E-state index contributed by atoms with van der Waals surface area (Å²) in [5, 5.41) is 8.58. The summed E-state index contributed by atoms with van der Waals surface area (Å²) < 4.78 is 4.82. The predicted molar refractivity (Wildman–Crippen MR) is 46.1 cm³/mol. The number of carbonyl (C=O) groups excluding carboxylic acids is 1. The van der Waals surface area contributed by atoms with Gasteiger partial charge < -0.3 is 15.6 Å². The van der Waals surface area contributed by atoms with Crippen LogP contribution >= 0.6 is 0 Å². The highest BCUT2D eigenvalue weighted by Gasteiger charge is 2.40. The molecule has 0 aliphatic rings. The van der Waals surface area contributed by atoms with Gasteiger partial charge in [-0.1, -0.05) is 0 Å². The third-order valence-electron chi connectivity index (χ3n) is 1.27. The van der Waals surface area contributed by atoms with Crippen LogP contribution in [0.3, 0.4) is 0 Å². The van der Waals surface area contributed by atoms with E-state index in [2.05, 4.69) is 0 Å². The Morgan fingerprint density at radius 3 is 1.85 bits per heavy atom. The fourth-order valence-electron chi connectivity index (χ4n) is 0.471. The second-order valence-corrected chi connectivity index (χ2v) is 4.01. The van der Waals surface area contributed by atoms with E-state index in [4.69, 9.17) is 15.6 Å². The van der Waals surface area contributed by atoms with Crippen molar-refractivity contribution < 1.29 is 19.4 Å². The van der Waals surface area contributed by atoms with E-state index in [-0.39, 0.29) is 0 Å². The average Bonchev–Trinajstić information content (AvgIpc) is 1.82. The van der Waals surface area contributed by atoms with Crippen molar-refractivity contribution in [2.45, 2.75) is 38.8 Å². The molecule has 3 N–H and O–H groups in total. The summed E-state index contributed by atoms with van der Waals surface area (Å²) in [4.78, 5) is 21.7. The van der Waals surface area contributed by atoms with E-state index in [1.165, 1.54) is 0 Å². The molecule has 0 aliphatic heterocycles. The number of esters is 1. The van der Waals surface area contributed by atoms with Crippen molar-refractivity contribution in [1.82, 2.24) is 0 Å². The lowest BCUT2D eigenvalue weighted by atomic mass is 10.0. The molecule has 0 aromatic carbocycles. The maximum atomic E-state index is 11.2. The summed E-state index contributed by atoms with van der Waals surface area (Å²) in [6.45, 7) is 6.03. The van der Waals surface area contributed by atoms with Gasteiger partial charge in [-0.05, 0) is 27.7 Å². The summed E-state index contributed by atoms with van der Waals surface area (Å²) in [6, 6.07) is 0. The SMILES string of the molecule is CC(C)(C)OC(=O)[C@@](C)(N)C(=O)O. The van der Waals surface area contributed by atoms with Crippen molar-refractivity contribution in [3.8, 4) is 0 Å². The Morgan fingerprint density at radius 1 is 1.23 bits per heavy atom. The smallest absolute Gasteiger partial charge is 0.338 e. The number of carboxylic acid groups (broad SMARTS) is 1. The van der Waals surface area contributed by atoms with Crippen molar-refractivity contribution >= 4 is 11.9 Å². The zero-order valence-electron chi connectivity index (χ0n) is 8.25. The number of rotatable bonds is 2. The van der Waals surface area contributed by atoms with Gasteiger partial charge in [0.15, 0.2) is 0 Å². The molecule has 76 valence electrons. The first-order valence-corrected chi connectivity index (χ1v) is 3.83. The molecular formula is C8H15NO4. The molecule has 5 nitrogen and oxygen atoms in total. The number of hydrogen-bond donors (Lipinski definition) is 2. The monoisotopic (exact) mass is 189 g/mol. The van der Waals surface area contributed by atoms with Crippen LogP contribution in [0.2, 0.25) is 0 Å². The maximum absolute atomic E-state index is 11.2. The largest absolute Gasteiger partial charge is 0.479 e. The zero-order valence-corrected chi connectivity index (χ0v) is 8.25. The van der Waals surface area contributed by atoms with E-state index in [1.54, 1.807) is 20.8 Å². The lowest BCUT2D eigenvalue weighted by Gasteiger charge is -2.25. The quantitative estimate of drug-likeness (QED) is 0.476. The van der Waals surface area contributed by atoms with Gasteiger partial charge >= 0.3 is 11.9 Å². The van der Waals surface area contributed by atoms with E-state index in [0.29, 0.717) is 0 Å². The standard InChI is InChI=1S/C8H15NO4/c1-7(2,3)13-6(12)8(4,9)5(10)11/h9H2,1-4H3,(H,10,11)/t8-/m0/s1. The Kier molecular flexibility index (Phi) is 3.05. The van der Waals surface area contributed by atoms with Crippen LogP contribution in [0.25, 0.3) is 0 Å². The molecule has 1 atom stereocenters. The Morgan fingerprint density at radius 2 is 1.62 bits per heavy atom. The first-order chi connectivity index (χ1) is 5.57. The topological polar surface area (TPSA) is 89.6 Å².